The van der Waals surface area contributed by atoms with E-state index in [0.717, 1.165) is 18.4 Å². The van der Waals surface area contributed by atoms with E-state index < -0.39 is 5.97 Å². The van der Waals surface area contributed by atoms with E-state index >= 15 is 0 Å². The number of ketones is 1. The van der Waals surface area contributed by atoms with Gasteiger partial charge in [0.05, 0.1) is 13.7 Å². The van der Waals surface area contributed by atoms with Gasteiger partial charge in [-0.2, -0.15) is 0 Å². The predicted molar refractivity (Wildman–Crippen MR) is 130 cm³/mol. The smallest absolute Gasteiger partial charge is 0.303 e. The van der Waals surface area contributed by atoms with Gasteiger partial charge in [-0.3, -0.25) is 9.59 Å². The largest absolute Gasteiger partial charge is 0.493 e. The van der Waals surface area contributed by atoms with Crippen LogP contribution in [-0.2, 0) is 4.79 Å². The second kappa shape index (κ2) is 12.3. The highest BCUT2D eigenvalue weighted by Gasteiger charge is 2.11. The summed E-state index contributed by atoms with van der Waals surface area (Å²) in [6.45, 7) is 0.434. The molecule has 0 atom stereocenters. The molecule has 0 aliphatic heterocycles. The topological polar surface area (TPSA) is 72.8 Å². The van der Waals surface area contributed by atoms with Crippen LogP contribution in [0.5, 0.6) is 11.5 Å². The van der Waals surface area contributed by atoms with Crippen LogP contribution in [0.3, 0.4) is 0 Å². The quantitative estimate of drug-likeness (QED) is 0.191. The summed E-state index contributed by atoms with van der Waals surface area (Å²) in [5.41, 5.74) is 2.55. The number of methoxy groups -OCH3 is 1. The van der Waals surface area contributed by atoms with E-state index in [1.54, 1.807) is 55.7 Å². The Morgan fingerprint density at radius 3 is 2.53 bits per heavy atom. The monoisotopic (exact) mass is 462 g/mol. The van der Waals surface area contributed by atoms with Crippen molar-refractivity contribution < 1.29 is 28.6 Å². The summed E-state index contributed by atoms with van der Waals surface area (Å²) in [5, 5.41) is 8.70. The molecule has 0 unspecified atom stereocenters. The highest BCUT2D eigenvalue weighted by Crippen LogP contribution is 2.29. The Labute approximate surface area is 198 Å². The first-order chi connectivity index (χ1) is 16.5. The number of allylic oxidation sites excluding steroid dienone is 1. The lowest BCUT2D eigenvalue weighted by molar-refractivity contribution is -0.137. The number of hydrogen-bond acceptors (Lipinski definition) is 4. The molecular formula is C28H27FO5. The number of carbonyl (C=O) groups is 2. The van der Waals surface area contributed by atoms with E-state index in [0.29, 0.717) is 41.2 Å². The Bertz CT molecular complexity index is 1170. The SMILES string of the molecule is COc1ccc(/C=C/C(=O)c2ccccc2-c2cccc(F)c2)cc1OCCCCCC(=O)O. The maximum Gasteiger partial charge on any atom is 0.303 e. The minimum absolute atomic E-state index is 0.153. The molecule has 1 N–H and O–H groups in total. The highest BCUT2D eigenvalue weighted by molar-refractivity contribution is 6.11. The summed E-state index contributed by atoms with van der Waals surface area (Å²) in [4.78, 5) is 23.5. The summed E-state index contributed by atoms with van der Waals surface area (Å²) in [7, 11) is 1.55. The van der Waals surface area contributed by atoms with E-state index in [1.165, 1.54) is 18.2 Å². The molecule has 0 saturated carbocycles. The molecule has 3 rings (SSSR count). The van der Waals surface area contributed by atoms with Gasteiger partial charge >= 0.3 is 5.97 Å². The van der Waals surface area contributed by atoms with Gasteiger partial charge in [0.1, 0.15) is 5.82 Å². The number of rotatable bonds is 12. The molecule has 0 aliphatic rings. The average Bonchev–Trinajstić information content (AvgIpc) is 2.84. The molecule has 0 saturated heterocycles. The van der Waals surface area contributed by atoms with Gasteiger partial charge < -0.3 is 14.6 Å². The van der Waals surface area contributed by atoms with E-state index in [1.807, 2.05) is 12.1 Å². The summed E-state index contributed by atoms with van der Waals surface area (Å²) in [6.07, 6.45) is 5.43. The molecule has 0 spiro atoms. The first-order valence-corrected chi connectivity index (χ1v) is 11.1. The molecule has 0 fully saturated rings. The van der Waals surface area contributed by atoms with Crippen molar-refractivity contribution in [3.63, 3.8) is 0 Å². The second-order valence-corrected chi connectivity index (χ2v) is 7.72. The number of carboxylic acid groups (broad SMARTS) is 1. The molecule has 0 aromatic heterocycles. The van der Waals surface area contributed by atoms with Gasteiger partial charge in [0, 0.05) is 12.0 Å². The maximum absolute atomic E-state index is 13.7. The molecule has 0 heterocycles. The van der Waals surface area contributed by atoms with Gasteiger partial charge in [-0.05, 0) is 66.3 Å². The number of carbonyl (C=O) groups excluding carboxylic acids is 1. The van der Waals surface area contributed by atoms with Gasteiger partial charge in [-0.15, -0.1) is 0 Å². The molecule has 0 bridgehead atoms. The van der Waals surface area contributed by atoms with Crippen molar-refractivity contribution in [1.82, 2.24) is 0 Å². The van der Waals surface area contributed by atoms with Crippen molar-refractivity contribution in [1.29, 1.82) is 0 Å². The first-order valence-electron chi connectivity index (χ1n) is 11.1. The van der Waals surface area contributed by atoms with Crippen LogP contribution in [0.4, 0.5) is 4.39 Å². The van der Waals surface area contributed by atoms with Crippen LogP contribution >= 0.6 is 0 Å². The lowest BCUT2D eigenvalue weighted by atomic mass is 9.96. The Morgan fingerprint density at radius 1 is 0.941 bits per heavy atom. The van der Waals surface area contributed by atoms with Crippen molar-refractivity contribution in [2.45, 2.75) is 25.7 Å². The standard InChI is InChI=1S/C28H27FO5/c1-33-26-16-14-20(18-27(26)34-17-6-2-3-12-28(31)32)13-15-25(30)24-11-5-4-10-23(24)21-8-7-9-22(29)19-21/h4-5,7-11,13-16,18-19H,2-3,6,12,17H2,1H3,(H,31,32)/b15-13+. The van der Waals surface area contributed by atoms with Crippen LogP contribution in [0, 0.1) is 5.82 Å². The van der Waals surface area contributed by atoms with Crippen LogP contribution < -0.4 is 9.47 Å². The summed E-state index contributed by atoms with van der Waals surface area (Å²) in [6, 6.07) is 18.7. The fourth-order valence-corrected chi connectivity index (χ4v) is 3.51. The predicted octanol–water partition coefficient (Wildman–Crippen LogP) is 6.42. The van der Waals surface area contributed by atoms with Crippen molar-refractivity contribution in [3.05, 3.63) is 89.8 Å². The number of halogens is 1. The highest BCUT2D eigenvalue weighted by atomic mass is 19.1. The van der Waals surface area contributed by atoms with Crippen LogP contribution in [-0.4, -0.2) is 30.6 Å². The molecule has 176 valence electrons. The minimum atomic E-state index is -0.796. The zero-order valence-electron chi connectivity index (χ0n) is 19.0. The van der Waals surface area contributed by atoms with Gasteiger partial charge in [0.25, 0.3) is 0 Å². The number of aliphatic carboxylic acids is 1. The van der Waals surface area contributed by atoms with Crippen molar-refractivity contribution in [3.8, 4) is 22.6 Å². The van der Waals surface area contributed by atoms with E-state index in [9.17, 15) is 14.0 Å². The minimum Gasteiger partial charge on any atom is -0.493 e. The van der Waals surface area contributed by atoms with E-state index in [2.05, 4.69) is 0 Å². The number of ether oxygens (including phenoxy) is 2. The van der Waals surface area contributed by atoms with E-state index in [4.69, 9.17) is 14.6 Å². The first kappa shape index (κ1) is 24.7. The van der Waals surface area contributed by atoms with Crippen LogP contribution in [0.1, 0.15) is 41.6 Å². The van der Waals surface area contributed by atoms with E-state index in [-0.39, 0.29) is 18.0 Å². The van der Waals surface area contributed by atoms with Crippen LogP contribution in [0.15, 0.2) is 72.8 Å². The normalized spacial score (nSPS) is 10.9. The number of carboxylic acids is 1. The summed E-state index contributed by atoms with van der Waals surface area (Å²) in [5.74, 6) is -0.226. The Morgan fingerprint density at radius 2 is 1.76 bits per heavy atom. The molecule has 0 amide bonds. The van der Waals surface area contributed by atoms with Gasteiger partial charge in [0.15, 0.2) is 17.3 Å². The molecule has 0 aliphatic carbocycles. The fourth-order valence-electron chi connectivity index (χ4n) is 3.51. The Kier molecular flexibility index (Phi) is 8.97. The second-order valence-electron chi connectivity index (χ2n) is 7.72. The molecule has 34 heavy (non-hydrogen) atoms. The summed E-state index contributed by atoms with van der Waals surface area (Å²) < 4.78 is 24.9. The number of benzene rings is 3. The molecule has 0 radical (unpaired) electrons. The lowest BCUT2D eigenvalue weighted by Gasteiger charge is -2.11. The maximum atomic E-state index is 13.7. The molecule has 6 heteroatoms. The van der Waals surface area contributed by atoms with Gasteiger partial charge in [0.2, 0.25) is 0 Å². The fraction of sp³-hybridized carbons (Fsp3) is 0.214. The Hall–Kier alpha value is -3.93. The average molecular weight is 463 g/mol. The van der Waals surface area contributed by atoms with Crippen LogP contribution in [0.25, 0.3) is 17.2 Å². The molecule has 3 aromatic rings. The lowest BCUT2D eigenvalue weighted by Crippen LogP contribution is -2.01. The third kappa shape index (κ3) is 7.04. The summed E-state index contributed by atoms with van der Waals surface area (Å²) >= 11 is 0. The third-order valence-electron chi connectivity index (χ3n) is 5.24. The molecule has 3 aromatic carbocycles. The Balaban J connectivity index is 1.70. The zero-order chi connectivity index (χ0) is 24.3. The van der Waals surface area contributed by atoms with Gasteiger partial charge in [-0.25, -0.2) is 4.39 Å². The van der Waals surface area contributed by atoms with Crippen LogP contribution in [0.2, 0.25) is 0 Å². The molecular weight excluding hydrogens is 435 g/mol. The number of hydrogen-bond donors (Lipinski definition) is 1. The van der Waals surface area contributed by atoms with Crippen molar-refractivity contribution >= 4 is 17.8 Å². The zero-order valence-corrected chi connectivity index (χ0v) is 19.0. The van der Waals surface area contributed by atoms with Crippen molar-refractivity contribution in [2.75, 3.05) is 13.7 Å². The van der Waals surface area contributed by atoms with Crippen molar-refractivity contribution in [2.24, 2.45) is 0 Å². The molecule has 5 nitrogen and oxygen atoms in total. The van der Waals surface area contributed by atoms with Gasteiger partial charge in [-0.1, -0.05) is 48.5 Å². The third-order valence-corrected chi connectivity index (χ3v) is 5.24. The number of unbranched alkanes of at least 4 members (excludes halogenated alkanes) is 2.